The van der Waals surface area contributed by atoms with E-state index in [1.165, 1.54) is 5.56 Å². The largest absolute Gasteiger partial charge is 0.273 e. The van der Waals surface area contributed by atoms with Crippen LogP contribution in [0.25, 0.3) is 0 Å². The quantitative estimate of drug-likeness (QED) is 0.643. The van der Waals surface area contributed by atoms with Crippen molar-refractivity contribution in [3.63, 3.8) is 0 Å². The Morgan fingerprint density at radius 3 is 2.70 bits per heavy atom. The summed E-state index contributed by atoms with van der Waals surface area (Å²) in [5.41, 5.74) is 5.72. The van der Waals surface area contributed by atoms with Crippen molar-refractivity contribution >= 4 is 23.2 Å². The lowest BCUT2D eigenvalue weighted by atomic mass is 10.1. The molecule has 3 nitrogen and oxygen atoms in total. The average molecular weight is 327 g/mol. The highest BCUT2D eigenvalue weighted by Crippen LogP contribution is 2.47. The Morgan fingerprint density at radius 1 is 1.22 bits per heavy atom. The fourth-order valence-electron chi connectivity index (χ4n) is 2.77. The lowest BCUT2D eigenvalue weighted by Gasteiger charge is -2.06. The third kappa shape index (κ3) is 3.80. The Bertz CT molecular complexity index is 727. The summed E-state index contributed by atoms with van der Waals surface area (Å²) in [6.45, 7) is 2.01. The third-order valence-electron chi connectivity index (χ3n) is 4.15. The van der Waals surface area contributed by atoms with Gasteiger partial charge in [0.05, 0.1) is 5.71 Å². The molecule has 118 valence electrons. The van der Waals surface area contributed by atoms with Gasteiger partial charge in [0.15, 0.2) is 0 Å². The molecule has 2 aromatic rings. The van der Waals surface area contributed by atoms with Crippen LogP contribution in [0.5, 0.6) is 0 Å². The van der Waals surface area contributed by atoms with E-state index in [2.05, 4.69) is 22.7 Å². The minimum atomic E-state index is -0.00756. The van der Waals surface area contributed by atoms with Crippen molar-refractivity contribution in [1.82, 2.24) is 5.43 Å². The van der Waals surface area contributed by atoms with Crippen LogP contribution in [0.3, 0.4) is 0 Å². The number of rotatable bonds is 5. The zero-order valence-electron chi connectivity index (χ0n) is 13.0. The highest BCUT2D eigenvalue weighted by Gasteiger charge is 2.43. The number of hydrogen-bond donors (Lipinski definition) is 1. The predicted molar refractivity (Wildman–Crippen MR) is 93.7 cm³/mol. The normalized spacial score (nSPS) is 20.2. The summed E-state index contributed by atoms with van der Waals surface area (Å²) in [7, 11) is 0. The van der Waals surface area contributed by atoms with Crippen molar-refractivity contribution in [2.45, 2.75) is 25.7 Å². The molecule has 23 heavy (non-hydrogen) atoms. The Labute approximate surface area is 141 Å². The fourth-order valence-corrected chi connectivity index (χ4v) is 2.96. The predicted octanol–water partition coefficient (Wildman–Crippen LogP) is 4.37. The van der Waals surface area contributed by atoms with Crippen LogP contribution in [0.4, 0.5) is 0 Å². The summed E-state index contributed by atoms with van der Waals surface area (Å²) in [6.07, 6.45) is 1.62. The summed E-state index contributed by atoms with van der Waals surface area (Å²) in [5.74, 6) is 0.341. The summed E-state index contributed by atoms with van der Waals surface area (Å²) >= 11 is 6.01. The van der Waals surface area contributed by atoms with Gasteiger partial charge in [0.1, 0.15) is 0 Å². The van der Waals surface area contributed by atoms with E-state index in [9.17, 15) is 4.79 Å². The van der Waals surface area contributed by atoms with E-state index in [4.69, 9.17) is 11.6 Å². The summed E-state index contributed by atoms with van der Waals surface area (Å²) in [5, 5.41) is 4.97. The van der Waals surface area contributed by atoms with E-state index in [0.717, 1.165) is 24.1 Å². The first kappa shape index (κ1) is 15.8. The summed E-state index contributed by atoms with van der Waals surface area (Å²) in [6, 6.07) is 17.7. The lowest BCUT2D eigenvalue weighted by molar-refractivity contribution is -0.122. The molecule has 0 saturated heterocycles. The molecule has 4 heteroatoms. The molecule has 1 saturated carbocycles. The molecule has 3 rings (SSSR count). The molecule has 2 atom stereocenters. The fraction of sp³-hybridized carbons (Fsp3) is 0.263. The van der Waals surface area contributed by atoms with Gasteiger partial charge in [-0.1, -0.05) is 61.0 Å². The van der Waals surface area contributed by atoms with Crippen LogP contribution in [0.1, 0.15) is 36.8 Å². The SMILES string of the molecule is CC/C(=N/NC(=O)[C@@H]1C[C@@H]1c1ccccc1)c1cccc(Cl)c1. The molecule has 0 heterocycles. The molecular formula is C19H19ClN2O. The highest BCUT2D eigenvalue weighted by molar-refractivity contribution is 6.31. The number of nitrogens with zero attached hydrogens (tertiary/aromatic N) is 1. The summed E-state index contributed by atoms with van der Waals surface area (Å²) < 4.78 is 0. The van der Waals surface area contributed by atoms with Crippen molar-refractivity contribution < 1.29 is 4.79 Å². The van der Waals surface area contributed by atoms with Crippen LogP contribution < -0.4 is 5.43 Å². The number of benzene rings is 2. The maximum absolute atomic E-state index is 12.3. The molecule has 1 amide bonds. The van der Waals surface area contributed by atoms with Gasteiger partial charge in [0.2, 0.25) is 5.91 Å². The van der Waals surface area contributed by atoms with Gasteiger partial charge in [-0.05, 0) is 42.0 Å². The molecule has 2 aromatic carbocycles. The van der Waals surface area contributed by atoms with Crippen molar-refractivity contribution in [3.8, 4) is 0 Å². The Morgan fingerprint density at radius 2 is 2.00 bits per heavy atom. The van der Waals surface area contributed by atoms with E-state index in [0.29, 0.717) is 10.9 Å². The zero-order valence-corrected chi connectivity index (χ0v) is 13.8. The van der Waals surface area contributed by atoms with Gasteiger partial charge in [0, 0.05) is 10.9 Å². The standard InChI is InChI=1S/C19H19ClN2O/c1-2-18(14-9-6-10-15(20)11-14)21-22-19(23)17-12-16(17)13-7-4-3-5-8-13/h3-11,16-17H,2,12H2,1H3,(H,22,23)/b21-18-/t16-,17-/m1/s1. The van der Waals surface area contributed by atoms with Crippen LogP contribution in [-0.2, 0) is 4.79 Å². The van der Waals surface area contributed by atoms with E-state index < -0.39 is 0 Å². The van der Waals surface area contributed by atoms with Crippen molar-refractivity contribution in [3.05, 3.63) is 70.7 Å². The minimum Gasteiger partial charge on any atom is -0.273 e. The minimum absolute atomic E-state index is 0.00756. The molecular weight excluding hydrogens is 308 g/mol. The third-order valence-corrected chi connectivity index (χ3v) is 4.38. The number of hydrazone groups is 1. The number of carbonyl (C=O) groups is 1. The number of halogens is 1. The van der Waals surface area contributed by atoms with Crippen LogP contribution in [0.2, 0.25) is 5.02 Å². The van der Waals surface area contributed by atoms with E-state index in [1.807, 2.05) is 49.4 Å². The van der Waals surface area contributed by atoms with Gasteiger partial charge < -0.3 is 0 Å². The van der Waals surface area contributed by atoms with Gasteiger partial charge >= 0.3 is 0 Å². The second-order valence-electron chi connectivity index (χ2n) is 5.76. The van der Waals surface area contributed by atoms with Crippen LogP contribution in [0, 0.1) is 5.92 Å². The monoisotopic (exact) mass is 326 g/mol. The van der Waals surface area contributed by atoms with Gasteiger partial charge in [-0.2, -0.15) is 5.10 Å². The molecule has 0 aromatic heterocycles. The number of nitrogens with one attached hydrogen (secondary N) is 1. The van der Waals surface area contributed by atoms with Gasteiger partial charge in [-0.25, -0.2) is 5.43 Å². The first-order valence-corrected chi connectivity index (χ1v) is 8.24. The second kappa shape index (κ2) is 6.97. The number of hydrogen-bond acceptors (Lipinski definition) is 2. The maximum atomic E-state index is 12.3. The van der Waals surface area contributed by atoms with Crippen molar-refractivity contribution in [2.24, 2.45) is 11.0 Å². The van der Waals surface area contributed by atoms with Crippen molar-refractivity contribution in [1.29, 1.82) is 0 Å². The van der Waals surface area contributed by atoms with E-state index in [-0.39, 0.29) is 11.8 Å². The van der Waals surface area contributed by atoms with Gasteiger partial charge in [-0.3, -0.25) is 4.79 Å². The van der Waals surface area contributed by atoms with Gasteiger partial charge in [0.25, 0.3) is 0 Å². The molecule has 0 unspecified atom stereocenters. The van der Waals surface area contributed by atoms with Crippen LogP contribution in [0.15, 0.2) is 59.7 Å². The molecule has 0 radical (unpaired) electrons. The smallest absolute Gasteiger partial charge is 0.243 e. The second-order valence-corrected chi connectivity index (χ2v) is 6.19. The Kier molecular flexibility index (Phi) is 4.77. The highest BCUT2D eigenvalue weighted by atomic mass is 35.5. The molecule has 1 aliphatic carbocycles. The average Bonchev–Trinajstić information content (AvgIpc) is 3.37. The number of amides is 1. The number of carbonyl (C=O) groups excluding carboxylic acids is 1. The van der Waals surface area contributed by atoms with Crippen LogP contribution in [-0.4, -0.2) is 11.6 Å². The first-order valence-electron chi connectivity index (χ1n) is 7.86. The molecule has 1 N–H and O–H groups in total. The molecule has 0 spiro atoms. The summed E-state index contributed by atoms with van der Waals surface area (Å²) in [4.78, 5) is 12.3. The molecule has 0 aliphatic heterocycles. The van der Waals surface area contributed by atoms with Crippen molar-refractivity contribution in [2.75, 3.05) is 0 Å². The topological polar surface area (TPSA) is 41.5 Å². The Balaban J connectivity index is 1.64. The first-order chi connectivity index (χ1) is 11.2. The van der Waals surface area contributed by atoms with E-state index in [1.54, 1.807) is 0 Å². The zero-order chi connectivity index (χ0) is 16.2. The molecule has 0 bridgehead atoms. The van der Waals surface area contributed by atoms with Crippen LogP contribution >= 0.6 is 11.6 Å². The lowest BCUT2D eigenvalue weighted by Crippen LogP contribution is -2.22. The maximum Gasteiger partial charge on any atom is 0.243 e. The molecule has 1 aliphatic rings. The van der Waals surface area contributed by atoms with Gasteiger partial charge in [-0.15, -0.1) is 0 Å². The molecule has 1 fully saturated rings. The van der Waals surface area contributed by atoms with E-state index >= 15 is 0 Å². The Hall–Kier alpha value is -2.13.